The maximum Gasteiger partial charge on any atom is 0.243 e. The number of likely N-dealkylation sites (N-methyl/N-ethyl adjacent to an activating group) is 1. The van der Waals surface area contributed by atoms with Crippen molar-refractivity contribution in [2.24, 2.45) is 5.92 Å². The van der Waals surface area contributed by atoms with Gasteiger partial charge in [-0.25, -0.2) is 0 Å². The second kappa shape index (κ2) is 8.88. The summed E-state index contributed by atoms with van der Waals surface area (Å²) < 4.78 is 5.81. The van der Waals surface area contributed by atoms with Gasteiger partial charge < -0.3 is 25.8 Å². The van der Waals surface area contributed by atoms with Crippen LogP contribution in [0.5, 0.6) is 5.75 Å². The predicted molar refractivity (Wildman–Crippen MR) is 124 cm³/mol. The first-order valence-electron chi connectivity index (χ1n) is 11.0. The van der Waals surface area contributed by atoms with E-state index in [9.17, 15) is 9.90 Å². The van der Waals surface area contributed by atoms with Crippen molar-refractivity contribution in [1.29, 1.82) is 0 Å². The van der Waals surface area contributed by atoms with Gasteiger partial charge in [-0.1, -0.05) is 6.07 Å². The summed E-state index contributed by atoms with van der Waals surface area (Å²) in [6.45, 7) is 6.79. The van der Waals surface area contributed by atoms with Crippen LogP contribution in [0.1, 0.15) is 32.3 Å². The molecule has 3 heterocycles. The number of aromatic hydroxyl groups is 1. The lowest BCUT2D eigenvalue weighted by atomic mass is 9.73. The monoisotopic (exact) mass is 437 g/mol. The fourth-order valence-corrected chi connectivity index (χ4v) is 4.96. The highest BCUT2D eigenvalue weighted by molar-refractivity contribution is 5.91. The highest BCUT2D eigenvalue weighted by Gasteiger charge is 2.46. The van der Waals surface area contributed by atoms with Crippen LogP contribution < -0.4 is 16.0 Å². The Bertz CT molecular complexity index is 991. The Morgan fingerprint density at radius 3 is 2.59 bits per heavy atom. The van der Waals surface area contributed by atoms with E-state index >= 15 is 0 Å². The number of ether oxygens (including phenoxy) is 1. The van der Waals surface area contributed by atoms with Crippen LogP contribution in [0.3, 0.4) is 0 Å². The predicted octanol–water partition coefficient (Wildman–Crippen LogP) is 2.57. The maximum atomic E-state index is 11.3. The number of phenols is 1. The summed E-state index contributed by atoms with van der Waals surface area (Å²) >= 11 is 0. The van der Waals surface area contributed by atoms with Crippen LogP contribution in [0.4, 0.5) is 5.82 Å². The molecule has 1 aromatic carbocycles. The smallest absolute Gasteiger partial charge is 0.243 e. The molecule has 8 heteroatoms. The number of piperidine rings is 1. The second-order valence-electron chi connectivity index (χ2n) is 9.42. The van der Waals surface area contributed by atoms with Gasteiger partial charge >= 0.3 is 0 Å². The number of nitrogens with one attached hydrogen (secondary N) is 3. The van der Waals surface area contributed by atoms with Crippen molar-refractivity contribution in [2.45, 2.75) is 37.8 Å². The third kappa shape index (κ3) is 5.08. The Hall–Kier alpha value is -2.97. The highest BCUT2D eigenvalue weighted by atomic mass is 16.5. The molecule has 2 aromatic rings. The summed E-state index contributed by atoms with van der Waals surface area (Å²) in [5.74, 6) is 1.13. The van der Waals surface area contributed by atoms with Crippen LogP contribution in [0.15, 0.2) is 36.4 Å². The lowest BCUT2D eigenvalue weighted by Gasteiger charge is -2.53. The van der Waals surface area contributed by atoms with Crippen molar-refractivity contribution in [3.63, 3.8) is 0 Å². The molecule has 1 amide bonds. The first-order chi connectivity index (χ1) is 15.3. The van der Waals surface area contributed by atoms with E-state index in [4.69, 9.17) is 4.74 Å². The van der Waals surface area contributed by atoms with Gasteiger partial charge in [0.15, 0.2) is 0 Å². The zero-order chi connectivity index (χ0) is 22.8. The van der Waals surface area contributed by atoms with Crippen molar-refractivity contribution in [1.82, 2.24) is 20.8 Å². The number of benzene rings is 1. The first-order valence-corrected chi connectivity index (χ1v) is 11.0. The second-order valence-corrected chi connectivity index (χ2v) is 9.42. The topological polar surface area (TPSA) is 108 Å². The van der Waals surface area contributed by atoms with Crippen LogP contribution in [0, 0.1) is 5.92 Å². The van der Waals surface area contributed by atoms with Crippen LogP contribution >= 0.6 is 0 Å². The standard InChI is InChI=1S/C24H31N5O3/c1-23-11-17(12-24(2,29-23)15-32-14-23)13-26-21-8-7-19(27-28-21)18-6-4-16(10-20(18)30)5-9-22(31)25-3/h4-10,17,29-30H,11-15H2,1-3H3,(H,25,31)(H,26,28)/b9-5+. The van der Waals surface area contributed by atoms with Gasteiger partial charge in [-0.15, -0.1) is 10.2 Å². The largest absolute Gasteiger partial charge is 0.507 e. The van der Waals surface area contributed by atoms with E-state index in [1.807, 2.05) is 18.2 Å². The van der Waals surface area contributed by atoms with E-state index in [1.54, 1.807) is 25.3 Å². The summed E-state index contributed by atoms with van der Waals surface area (Å²) in [5.41, 5.74) is 1.94. The molecule has 0 radical (unpaired) electrons. The van der Waals surface area contributed by atoms with Gasteiger partial charge in [0, 0.05) is 36.3 Å². The molecule has 0 saturated carbocycles. The van der Waals surface area contributed by atoms with Gasteiger partial charge in [-0.05, 0) is 68.5 Å². The van der Waals surface area contributed by atoms with Gasteiger partial charge in [0.2, 0.25) is 5.91 Å². The molecular weight excluding hydrogens is 406 g/mol. The third-order valence-electron chi connectivity index (χ3n) is 6.13. The average Bonchev–Trinajstić information content (AvgIpc) is 2.75. The number of rotatable bonds is 6. The molecule has 0 aliphatic carbocycles. The van der Waals surface area contributed by atoms with E-state index < -0.39 is 0 Å². The molecule has 2 aliphatic rings. The van der Waals surface area contributed by atoms with Crippen molar-refractivity contribution in [2.75, 3.05) is 32.1 Å². The van der Waals surface area contributed by atoms with Crippen LogP contribution in [0.25, 0.3) is 17.3 Å². The van der Waals surface area contributed by atoms with E-state index in [2.05, 4.69) is 40.0 Å². The molecule has 32 heavy (non-hydrogen) atoms. The molecule has 8 nitrogen and oxygen atoms in total. The van der Waals surface area contributed by atoms with E-state index in [0.29, 0.717) is 23.0 Å². The minimum Gasteiger partial charge on any atom is -0.507 e. The van der Waals surface area contributed by atoms with Crippen molar-refractivity contribution in [3.8, 4) is 17.0 Å². The molecule has 2 saturated heterocycles. The number of aromatic nitrogens is 2. The molecule has 170 valence electrons. The lowest BCUT2D eigenvalue weighted by molar-refractivity contribution is -0.115. The Balaban J connectivity index is 1.38. The van der Waals surface area contributed by atoms with E-state index in [0.717, 1.165) is 38.2 Å². The number of phenolic OH excluding ortho intramolecular Hbond substituents is 1. The zero-order valence-electron chi connectivity index (χ0n) is 18.8. The quantitative estimate of drug-likeness (QED) is 0.515. The minimum absolute atomic E-state index is 0.0202. The Morgan fingerprint density at radius 2 is 1.97 bits per heavy atom. The summed E-state index contributed by atoms with van der Waals surface area (Å²) in [4.78, 5) is 11.3. The minimum atomic E-state index is -0.202. The molecule has 2 fully saturated rings. The molecule has 2 aliphatic heterocycles. The Kier molecular flexibility index (Phi) is 6.17. The molecule has 4 rings (SSSR count). The molecule has 2 atom stereocenters. The Labute approximate surface area is 188 Å². The van der Waals surface area contributed by atoms with Gasteiger partial charge in [0.25, 0.3) is 0 Å². The van der Waals surface area contributed by atoms with Crippen LogP contribution in [0.2, 0.25) is 0 Å². The molecular formula is C24H31N5O3. The maximum absolute atomic E-state index is 11.3. The fraction of sp³-hybridized carbons (Fsp3) is 0.458. The molecule has 2 unspecified atom stereocenters. The Morgan fingerprint density at radius 1 is 1.22 bits per heavy atom. The summed E-state index contributed by atoms with van der Waals surface area (Å²) in [5, 5.41) is 28.7. The number of amides is 1. The molecule has 0 spiro atoms. The SMILES string of the molecule is CNC(=O)/C=C/c1ccc(-c2ccc(NCC3CC4(C)COCC(C)(C3)N4)nn2)c(O)c1. The number of hydrogen-bond donors (Lipinski definition) is 4. The van der Waals surface area contributed by atoms with Gasteiger partial charge in [-0.2, -0.15) is 0 Å². The number of anilines is 1. The highest BCUT2D eigenvalue weighted by Crippen LogP contribution is 2.37. The normalized spacial score (nSPS) is 27.3. The van der Waals surface area contributed by atoms with Crippen LogP contribution in [-0.4, -0.2) is 59.1 Å². The van der Waals surface area contributed by atoms with E-state index in [-0.39, 0.29) is 22.7 Å². The number of carbonyl (C=O) groups is 1. The first kappa shape index (κ1) is 22.2. The number of fused-ring (bicyclic) bond motifs is 2. The number of carbonyl (C=O) groups excluding carboxylic acids is 1. The fourth-order valence-electron chi connectivity index (χ4n) is 4.96. The van der Waals surface area contributed by atoms with Crippen molar-refractivity contribution >= 4 is 17.8 Å². The molecule has 4 N–H and O–H groups in total. The van der Waals surface area contributed by atoms with Crippen molar-refractivity contribution in [3.05, 3.63) is 42.0 Å². The van der Waals surface area contributed by atoms with Crippen molar-refractivity contribution < 1.29 is 14.6 Å². The summed E-state index contributed by atoms with van der Waals surface area (Å²) in [6, 6.07) is 8.92. The van der Waals surface area contributed by atoms with Gasteiger partial charge in [-0.3, -0.25) is 4.79 Å². The van der Waals surface area contributed by atoms with Crippen LogP contribution in [-0.2, 0) is 9.53 Å². The number of morpholine rings is 1. The average molecular weight is 438 g/mol. The van der Waals surface area contributed by atoms with Gasteiger partial charge in [0.1, 0.15) is 11.6 Å². The summed E-state index contributed by atoms with van der Waals surface area (Å²) in [6.07, 6.45) is 5.16. The third-order valence-corrected chi connectivity index (χ3v) is 6.13. The number of hydrogen-bond acceptors (Lipinski definition) is 7. The molecule has 1 aromatic heterocycles. The zero-order valence-corrected chi connectivity index (χ0v) is 18.8. The lowest BCUT2D eigenvalue weighted by Crippen LogP contribution is -2.68. The molecule has 2 bridgehead atoms. The summed E-state index contributed by atoms with van der Waals surface area (Å²) in [7, 11) is 1.57. The number of nitrogens with zero attached hydrogens (tertiary/aromatic N) is 2. The van der Waals surface area contributed by atoms with Gasteiger partial charge in [0.05, 0.1) is 18.9 Å². The van der Waals surface area contributed by atoms with E-state index in [1.165, 1.54) is 6.08 Å².